The first kappa shape index (κ1) is 10.9. The van der Waals surface area contributed by atoms with Crippen molar-refractivity contribution >= 4 is 27.6 Å². The maximum atomic E-state index is 4.33. The molecule has 0 aliphatic carbocycles. The quantitative estimate of drug-likeness (QED) is 0.611. The Kier molecular flexibility index (Phi) is 2.49. The summed E-state index contributed by atoms with van der Waals surface area (Å²) in [6, 6.07) is 15.6. The Morgan fingerprint density at radius 1 is 0.947 bits per heavy atom. The molecule has 0 atom stereocenters. The molecular weight excluding hydrogens is 250 g/mol. The highest BCUT2D eigenvalue weighted by molar-refractivity contribution is 7.17. The molecule has 92 valence electrons. The first-order chi connectivity index (χ1) is 9.40. The number of hydrogen-bond acceptors (Lipinski definition) is 2. The molecule has 1 aromatic heterocycles. The number of hydrogen-bond donors (Lipinski definition) is 0. The van der Waals surface area contributed by atoms with E-state index in [0.29, 0.717) is 0 Å². The van der Waals surface area contributed by atoms with Gasteiger partial charge in [0.25, 0.3) is 0 Å². The average Bonchev–Trinajstić information content (AvgIpc) is 2.94. The van der Waals surface area contributed by atoms with Gasteiger partial charge in [-0.05, 0) is 51.6 Å². The monoisotopic (exact) mass is 263 g/mol. The Morgan fingerprint density at radius 2 is 1.84 bits per heavy atom. The van der Waals surface area contributed by atoms with Gasteiger partial charge in [0.15, 0.2) is 0 Å². The summed E-state index contributed by atoms with van der Waals surface area (Å²) >= 11 is 1.80. The van der Waals surface area contributed by atoms with Crippen LogP contribution in [0, 0.1) is 0 Å². The summed E-state index contributed by atoms with van der Waals surface area (Å²) in [5.41, 5.74) is 5.30. The van der Waals surface area contributed by atoms with Crippen LogP contribution in [0.1, 0.15) is 11.1 Å². The van der Waals surface area contributed by atoms with Gasteiger partial charge in [0.05, 0.1) is 0 Å². The maximum Gasteiger partial charge on any atom is 0.0430 e. The van der Waals surface area contributed by atoms with E-state index in [1.807, 2.05) is 6.21 Å². The van der Waals surface area contributed by atoms with Crippen LogP contribution in [0.3, 0.4) is 0 Å². The topological polar surface area (TPSA) is 12.4 Å². The van der Waals surface area contributed by atoms with Crippen molar-refractivity contribution < 1.29 is 0 Å². The van der Waals surface area contributed by atoms with Gasteiger partial charge in [0.2, 0.25) is 0 Å². The number of nitrogens with zero attached hydrogens (tertiary/aromatic N) is 1. The van der Waals surface area contributed by atoms with Crippen molar-refractivity contribution in [3.8, 4) is 11.1 Å². The zero-order valence-corrected chi connectivity index (χ0v) is 11.3. The average molecular weight is 263 g/mol. The second-order valence-electron chi connectivity index (χ2n) is 4.87. The molecule has 19 heavy (non-hydrogen) atoms. The molecule has 0 unspecified atom stereocenters. The minimum absolute atomic E-state index is 0.917. The Bertz CT molecular complexity index is 783. The third-order valence-electron chi connectivity index (χ3n) is 3.67. The summed E-state index contributed by atoms with van der Waals surface area (Å²) in [6.45, 7) is 0.917. The van der Waals surface area contributed by atoms with Gasteiger partial charge in [-0.3, -0.25) is 4.99 Å². The van der Waals surface area contributed by atoms with E-state index < -0.39 is 0 Å². The Hall–Kier alpha value is -1.93. The number of fused-ring (bicyclic) bond motifs is 2. The molecule has 3 aromatic rings. The molecule has 0 spiro atoms. The summed E-state index contributed by atoms with van der Waals surface area (Å²) in [6.07, 6.45) is 3.05. The van der Waals surface area contributed by atoms with Crippen molar-refractivity contribution in [3.63, 3.8) is 0 Å². The van der Waals surface area contributed by atoms with Gasteiger partial charge in [-0.15, -0.1) is 11.3 Å². The van der Waals surface area contributed by atoms with E-state index in [-0.39, 0.29) is 0 Å². The van der Waals surface area contributed by atoms with Crippen LogP contribution in [0.25, 0.3) is 21.2 Å². The molecule has 4 rings (SSSR count). The lowest BCUT2D eigenvalue weighted by Gasteiger charge is -2.12. The lowest BCUT2D eigenvalue weighted by atomic mass is 9.96. The largest absolute Gasteiger partial charge is 0.292 e. The first-order valence-electron chi connectivity index (χ1n) is 6.50. The van der Waals surface area contributed by atoms with Gasteiger partial charge in [-0.1, -0.05) is 30.3 Å². The minimum atomic E-state index is 0.917. The van der Waals surface area contributed by atoms with Gasteiger partial charge in [-0.2, -0.15) is 0 Å². The molecular formula is C17H13NS. The standard InChI is InChI=1S/C17H13NS/c1-2-14(10-17-12(1)6-8-19-17)13-3-4-16-11-18-7-5-15(16)9-13/h1-4,6,8-11H,5,7H2. The normalized spacial score (nSPS) is 13.7. The molecule has 1 aliphatic heterocycles. The highest BCUT2D eigenvalue weighted by atomic mass is 32.1. The first-order valence-corrected chi connectivity index (χ1v) is 7.38. The van der Waals surface area contributed by atoms with Crippen LogP contribution in [0.4, 0.5) is 0 Å². The smallest absolute Gasteiger partial charge is 0.0430 e. The van der Waals surface area contributed by atoms with Crippen LogP contribution in [0.2, 0.25) is 0 Å². The lowest BCUT2D eigenvalue weighted by molar-refractivity contribution is 0.953. The Morgan fingerprint density at radius 3 is 2.84 bits per heavy atom. The molecule has 0 saturated carbocycles. The molecule has 2 aromatic carbocycles. The van der Waals surface area contributed by atoms with Gasteiger partial charge < -0.3 is 0 Å². The van der Waals surface area contributed by atoms with E-state index >= 15 is 0 Å². The van der Waals surface area contributed by atoms with Crippen molar-refractivity contribution in [2.75, 3.05) is 6.54 Å². The van der Waals surface area contributed by atoms with Crippen LogP contribution < -0.4 is 0 Å². The van der Waals surface area contributed by atoms with E-state index in [2.05, 4.69) is 52.8 Å². The van der Waals surface area contributed by atoms with Crippen molar-refractivity contribution in [2.45, 2.75) is 6.42 Å². The molecule has 2 heterocycles. The molecule has 0 N–H and O–H groups in total. The fraction of sp³-hybridized carbons (Fsp3) is 0.118. The van der Waals surface area contributed by atoms with Crippen molar-refractivity contribution in [1.82, 2.24) is 0 Å². The highest BCUT2D eigenvalue weighted by Gasteiger charge is 2.07. The number of thiophene rings is 1. The number of benzene rings is 2. The van der Waals surface area contributed by atoms with Gasteiger partial charge in [-0.25, -0.2) is 0 Å². The highest BCUT2D eigenvalue weighted by Crippen LogP contribution is 2.29. The summed E-state index contributed by atoms with van der Waals surface area (Å²) in [5, 5.41) is 3.48. The van der Waals surface area contributed by atoms with Gasteiger partial charge >= 0.3 is 0 Å². The summed E-state index contributed by atoms with van der Waals surface area (Å²) in [7, 11) is 0. The van der Waals surface area contributed by atoms with Crippen molar-refractivity contribution in [2.24, 2.45) is 4.99 Å². The molecule has 2 heteroatoms. The fourth-order valence-electron chi connectivity index (χ4n) is 2.61. The molecule has 0 radical (unpaired) electrons. The van der Waals surface area contributed by atoms with Crippen LogP contribution in [-0.4, -0.2) is 12.8 Å². The van der Waals surface area contributed by atoms with Crippen LogP contribution in [0.5, 0.6) is 0 Å². The molecule has 0 fully saturated rings. The van der Waals surface area contributed by atoms with Crippen molar-refractivity contribution in [3.05, 3.63) is 59.0 Å². The molecule has 0 saturated heterocycles. The van der Waals surface area contributed by atoms with Gasteiger partial charge in [0, 0.05) is 17.5 Å². The van der Waals surface area contributed by atoms with E-state index in [1.165, 1.54) is 32.3 Å². The van der Waals surface area contributed by atoms with E-state index in [9.17, 15) is 0 Å². The fourth-order valence-corrected chi connectivity index (χ4v) is 3.44. The van der Waals surface area contributed by atoms with Crippen LogP contribution >= 0.6 is 11.3 Å². The molecule has 0 bridgehead atoms. The van der Waals surface area contributed by atoms with E-state index in [0.717, 1.165) is 13.0 Å². The third-order valence-corrected chi connectivity index (χ3v) is 4.55. The molecule has 0 amide bonds. The summed E-state index contributed by atoms with van der Waals surface area (Å²) < 4.78 is 1.36. The minimum Gasteiger partial charge on any atom is -0.292 e. The summed E-state index contributed by atoms with van der Waals surface area (Å²) in [5.74, 6) is 0. The zero-order valence-electron chi connectivity index (χ0n) is 10.5. The predicted octanol–water partition coefficient (Wildman–Crippen LogP) is 4.54. The maximum absolute atomic E-state index is 4.33. The van der Waals surface area contributed by atoms with Gasteiger partial charge in [0.1, 0.15) is 0 Å². The number of rotatable bonds is 1. The molecule has 1 aliphatic rings. The predicted molar refractivity (Wildman–Crippen MR) is 83.4 cm³/mol. The van der Waals surface area contributed by atoms with Crippen molar-refractivity contribution in [1.29, 1.82) is 0 Å². The second-order valence-corrected chi connectivity index (χ2v) is 5.82. The zero-order chi connectivity index (χ0) is 12.7. The SMILES string of the molecule is C1=NCCc2cc(-c3ccc4ccsc4c3)ccc21. The second kappa shape index (κ2) is 4.32. The molecule has 1 nitrogen and oxygen atoms in total. The third kappa shape index (κ3) is 1.89. The Labute approximate surface area is 116 Å². The van der Waals surface area contributed by atoms with Crippen LogP contribution in [-0.2, 0) is 6.42 Å². The van der Waals surface area contributed by atoms with Crippen LogP contribution in [0.15, 0.2) is 52.8 Å². The lowest BCUT2D eigenvalue weighted by Crippen LogP contribution is -2.02. The van der Waals surface area contributed by atoms with E-state index in [1.54, 1.807) is 11.3 Å². The van der Waals surface area contributed by atoms with E-state index in [4.69, 9.17) is 0 Å². The number of aliphatic imine (C=N–C) groups is 1. The Balaban J connectivity index is 1.84. The summed E-state index contributed by atoms with van der Waals surface area (Å²) in [4.78, 5) is 4.33.